The molecule has 33 heavy (non-hydrogen) atoms. The molecule has 4 rings (SSSR count). The van der Waals surface area contributed by atoms with Crippen molar-refractivity contribution in [3.05, 3.63) is 51.3 Å². The SMILES string of the molecule is CC(C)Nc1ncc2c(n1)CN(OC(=O)NC1(c3ccc(Cl)c(Cl)c3)CCN(C)CC1)CC2. The summed E-state index contributed by atoms with van der Waals surface area (Å²) < 4.78 is 0. The Balaban J connectivity index is 1.46. The number of nitrogens with one attached hydrogen (secondary N) is 2. The Labute approximate surface area is 204 Å². The molecule has 2 N–H and O–H groups in total. The Morgan fingerprint density at radius 1 is 1.18 bits per heavy atom. The summed E-state index contributed by atoms with van der Waals surface area (Å²) in [6.45, 7) is 6.77. The molecule has 0 aliphatic carbocycles. The molecule has 1 fully saturated rings. The van der Waals surface area contributed by atoms with Crippen molar-refractivity contribution in [2.75, 3.05) is 32.0 Å². The molecule has 178 valence electrons. The smallest absolute Gasteiger partial charge is 0.352 e. The lowest BCUT2D eigenvalue weighted by Gasteiger charge is -2.41. The lowest BCUT2D eigenvalue weighted by atomic mass is 9.81. The van der Waals surface area contributed by atoms with Crippen LogP contribution in [-0.2, 0) is 23.3 Å². The summed E-state index contributed by atoms with van der Waals surface area (Å²) in [7, 11) is 2.08. The third kappa shape index (κ3) is 5.69. The number of aromatic nitrogens is 2. The van der Waals surface area contributed by atoms with Gasteiger partial charge in [0, 0.05) is 31.9 Å². The minimum atomic E-state index is -0.567. The first-order chi connectivity index (χ1) is 15.7. The molecule has 10 heteroatoms. The van der Waals surface area contributed by atoms with Crippen molar-refractivity contribution >= 4 is 35.2 Å². The maximum Gasteiger partial charge on any atom is 0.427 e. The van der Waals surface area contributed by atoms with Crippen LogP contribution in [0.25, 0.3) is 0 Å². The molecule has 0 saturated carbocycles. The maximum atomic E-state index is 13.0. The summed E-state index contributed by atoms with van der Waals surface area (Å²) in [5.41, 5.74) is 2.31. The molecule has 8 nitrogen and oxygen atoms in total. The summed E-state index contributed by atoms with van der Waals surface area (Å²) in [5.74, 6) is 0.583. The number of nitrogens with zero attached hydrogens (tertiary/aromatic N) is 4. The number of likely N-dealkylation sites (tertiary alicyclic amines) is 1. The molecule has 0 radical (unpaired) electrons. The minimum absolute atomic E-state index is 0.233. The minimum Gasteiger partial charge on any atom is -0.352 e. The molecule has 1 saturated heterocycles. The molecule has 2 aliphatic heterocycles. The number of carbonyl (C=O) groups excluding carboxylic acids is 1. The first kappa shape index (κ1) is 24.0. The second-order valence-corrected chi connectivity index (χ2v) is 9.91. The van der Waals surface area contributed by atoms with Gasteiger partial charge in [-0.05, 0) is 63.4 Å². The van der Waals surface area contributed by atoms with E-state index in [9.17, 15) is 4.79 Å². The van der Waals surface area contributed by atoms with E-state index >= 15 is 0 Å². The van der Waals surface area contributed by atoms with Crippen molar-refractivity contribution in [2.45, 2.75) is 51.2 Å². The molecular weight excluding hydrogens is 463 g/mol. The third-order valence-electron chi connectivity index (χ3n) is 6.19. The number of hydrogen-bond acceptors (Lipinski definition) is 7. The molecule has 0 spiro atoms. The average Bonchev–Trinajstić information content (AvgIpc) is 2.76. The Kier molecular flexibility index (Phi) is 7.28. The van der Waals surface area contributed by atoms with Gasteiger partial charge in [-0.2, -0.15) is 0 Å². The van der Waals surface area contributed by atoms with Crippen molar-refractivity contribution < 1.29 is 9.63 Å². The molecule has 1 aromatic heterocycles. The fourth-order valence-corrected chi connectivity index (χ4v) is 4.60. The van der Waals surface area contributed by atoms with Crippen molar-refractivity contribution in [1.29, 1.82) is 0 Å². The third-order valence-corrected chi connectivity index (χ3v) is 6.93. The molecule has 0 atom stereocenters. The van der Waals surface area contributed by atoms with Gasteiger partial charge in [0.25, 0.3) is 0 Å². The molecule has 2 aliphatic rings. The Morgan fingerprint density at radius 2 is 1.94 bits per heavy atom. The predicted octanol–water partition coefficient (Wildman–Crippen LogP) is 4.22. The van der Waals surface area contributed by atoms with Gasteiger partial charge in [0.05, 0.1) is 27.8 Å². The quantitative estimate of drug-likeness (QED) is 0.645. The Hall–Kier alpha value is -2.13. The van der Waals surface area contributed by atoms with Crippen LogP contribution in [0.3, 0.4) is 0 Å². The molecule has 0 bridgehead atoms. The van der Waals surface area contributed by atoms with Gasteiger partial charge in [-0.15, -0.1) is 5.06 Å². The van der Waals surface area contributed by atoms with Crippen LogP contribution in [0.1, 0.15) is 43.5 Å². The van der Waals surface area contributed by atoms with Crippen LogP contribution in [0.15, 0.2) is 24.4 Å². The fraction of sp³-hybridized carbons (Fsp3) is 0.522. The van der Waals surface area contributed by atoms with Crippen molar-refractivity contribution in [3.63, 3.8) is 0 Å². The highest BCUT2D eigenvalue weighted by atomic mass is 35.5. The van der Waals surface area contributed by atoms with Gasteiger partial charge in [0.15, 0.2) is 0 Å². The van der Waals surface area contributed by atoms with Gasteiger partial charge in [-0.1, -0.05) is 29.3 Å². The normalized spacial score (nSPS) is 18.6. The monoisotopic (exact) mass is 492 g/mol. The Bertz CT molecular complexity index is 1010. The van der Waals surface area contributed by atoms with E-state index in [1.165, 1.54) is 0 Å². The predicted molar refractivity (Wildman–Crippen MR) is 129 cm³/mol. The average molecular weight is 493 g/mol. The van der Waals surface area contributed by atoms with E-state index in [0.29, 0.717) is 35.5 Å². The van der Waals surface area contributed by atoms with Gasteiger partial charge in [-0.3, -0.25) is 0 Å². The van der Waals surface area contributed by atoms with Gasteiger partial charge in [0.1, 0.15) is 0 Å². The number of amides is 1. The molecule has 1 amide bonds. The van der Waals surface area contributed by atoms with Crippen LogP contribution in [0, 0.1) is 0 Å². The number of anilines is 1. The van der Waals surface area contributed by atoms with Crippen molar-refractivity contribution in [3.8, 4) is 0 Å². The highest BCUT2D eigenvalue weighted by molar-refractivity contribution is 6.42. The second kappa shape index (κ2) is 10.0. The number of fused-ring (bicyclic) bond motifs is 1. The van der Waals surface area contributed by atoms with Crippen LogP contribution in [0.5, 0.6) is 0 Å². The molecule has 3 heterocycles. The number of carbonyl (C=O) groups is 1. The number of benzene rings is 1. The van der Waals surface area contributed by atoms with Crippen LogP contribution in [0.2, 0.25) is 10.0 Å². The van der Waals surface area contributed by atoms with E-state index in [0.717, 1.165) is 42.8 Å². The van der Waals surface area contributed by atoms with Crippen LogP contribution < -0.4 is 10.6 Å². The van der Waals surface area contributed by atoms with E-state index in [1.54, 1.807) is 11.1 Å². The van der Waals surface area contributed by atoms with Crippen molar-refractivity contribution in [2.24, 2.45) is 0 Å². The molecule has 1 aromatic carbocycles. The number of hydrogen-bond donors (Lipinski definition) is 2. The highest BCUT2D eigenvalue weighted by Gasteiger charge is 2.38. The number of piperidine rings is 1. The van der Waals surface area contributed by atoms with E-state index in [1.807, 2.05) is 32.2 Å². The zero-order valence-corrected chi connectivity index (χ0v) is 20.7. The summed E-state index contributed by atoms with van der Waals surface area (Å²) in [4.78, 5) is 30.0. The van der Waals surface area contributed by atoms with Gasteiger partial charge in [0.2, 0.25) is 5.95 Å². The zero-order chi connectivity index (χ0) is 23.6. The van der Waals surface area contributed by atoms with Gasteiger partial charge >= 0.3 is 6.09 Å². The summed E-state index contributed by atoms with van der Waals surface area (Å²) in [6, 6.07) is 5.78. The number of hydroxylamine groups is 2. The lowest BCUT2D eigenvalue weighted by Crippen LogP contribution is -2.53. The zero-order valence-electron chi connectivity index (χ0n) is 19.2. The largest absolute Gasteiger partial charge is 0.427 e. The van der Waals surface area contributed by atoms with E-state index < -0.39 is 11.6 Å². The van der Waals surface area contributed by atoms with Crippen LogP contribution >= 0.6 is 23.2 Å². The van der Waals surface area contributed by atoms with Gasteiger partial charge < -0.3 is 20.4 Å². The van der Waals surface area contributed by atoms with Crippen LogP contribution in [0.4, 0.5) is 10.7 Å². The first-order valence-corrected chi connectivity index (χ1v) is 12.0. The van der Waals surface area contributed by atoms with E-state index in [-0.39, 0.29) is 6.04 Å². The van der Waals surface area contributed by atoms with E-state index in [2.05, 4.69) is 32.5 Å². The van der Waals surface area contributed by atoms with Gasteiger partial charge in [-0.25, -0.2) is 14.8 Å². The maximum absolute atomic E-state index is 13.0. The standard InChI is InChI=1S/C23H30Cl2N6O2/c1-15(2)27-21-26-13-16-6-9-31(14-20(16)28-21)33-22(32)29-23(7-10-30(3)11-8-23)17-4-5-18(24)19(25)12-17/h4-5,12-13,15H,6-11,14H2,1-3H3,(H,29,32)(H,26,27,28). The summed E-state index contributed by atoms with van der Waals surface area (Å²) in [6.07, 6.45) is 3.58. The number of rotatable bonds is 5. The second-order valence-electron chi connectivity index (χ2n) is 9.10. The van der Waals surface area contributed by atoms with Crippen molar-refractivity contribution in [1.82, 2.24) is 25.2 Å². The summed E-state index contributed by atoms with van der Waals surface area (Å²) in [5, 5.41) is 8.98. The Morgan fingerprint density at radius 3 is 2.64 bits per heavy atom. The van der Waals surface area contributed by atoms with Crippen LogP contribution in [-0.4, -0.2) is 58.7 Å². The molecule has 2 aromatic rings. The topological polar surface area (TPSA) is 82.6 Å². The lowest BCUT2D eigenvalue weighted by molar-refractivity contribution is -0.115. The first-order valence-electron chi connectivity index (χ1n) is 11.2. The molecular formula is C23H30Cl2N6O2. The highest BCUT2D eigenvalue weighted by Crippen LogP contribution is 2.36. The number of halogens is 2. The van der Waals surface area contributed by atoms with E-state index in [4.69, 9.17) is 28.0 Å². The summed E-state index contributed by atoms with van der Waals surface area (Å²) >= 11 is 12.4. The molecule has 0 unspecified atom stereocenters. The fourth-order valence-electron chi connectivity index (χ4n) is 4.30.